The number of hydrogen-bond acceptors (Lipinski definition) is 2. The Morgan fingerprint density at radius 1 is 1.42 bits per heavy atom. The van der Waals surface area contributed by atoms with Gasteiger partial charge in [-0.2, -0.15) is 0 Å². The lowest BCUT2D eigenvalue weighted by atomic mass is 9.76. The lowest BCUT2D eigenvalue weighted by Gasteiger charge is -2.26. The topological polar surface area (TPSA) is 74.6 Å². The molecule has 0 radical (unpaired) electrons. The predicted molar refractivity (Wildman–Crippen MR) is 42.8 cm³/mol. The maximum atomic E-state index is 10.7. The third-order valence-electron chi connectivity index (χ3n) is 2.55. The second kappa shape index (κ2) is 3.56. The molecule has 0 aliphatic heterocycles. The van der Waals surface area contributed by atoms with Crippen LogP contribution in [0, 0.1) is 11.3 Å². The summed E-state index contributed by atoms with van der Waals surface area (Å²) in [5, 5.41) is 17.4. The Morgan fingerprint density at radius 2 is 1.83 bits per heavy atom. The summed E-state index contributed by atoms with van der Waals surface area (Å²) in [6.07, 6.45) is 0.315. The Morgan fingerprint density at radius 3 is 1.92 bits per heavy atom. The maximum Gasteiger partial charge on any atom is 0.310 e. The Labute approximate surface area is 71.2 Å². The predicted octanol–water partition coefficient (Wildman–Crippen LogP) is 1.21. The van der Waals surface area contributed by atoms with Crippen LogP contribution in [0.4, 0.5) is 0 Å². The van der Waals surface area contributed by atoms with Gasteiger partial charge in [-0.05, 0) is 13.3 Å². The highest BCUT2D eigenvalue weighted by atomic mass is 16.4. The molecule has 0 bridgehead atoms. The number of aliphatic carboxylic acids is 2. The molecule has 2 atom stereocenters. The zero-order valence-corrected chi connectivity index (χ0v) is 7.50. The highest BCUT2D eigenvalue weighted by molar-refractivity contribution is 5.82. The van der Waals surface area contributed by atoms with Gasteiger partial charge in [-0.15, -0.1) is 0 Å². The van der Waals surface area contributed by atoms with Crippen LogP contribution >= 0.6 is 0 Å². The van der Waals surface area contributed by atoms with Crippen molar-refractivity contribution in [3.63, 3.8) is 0 Å². The highest BCUT2D eigenvalue weighted by Gasteiger charge is 2.41. The van der Waals surface area contributed by atoms with Gasteiger partial charge in [0.15, 0.2) is 0 Å². The van der Waals surface area contributed by atoms with Crippen LogP contribution in [0.5, 0.6) is 0 Å². The molecular formula is C8H14O4. The number of carbonyl (C=O) groups is 2. The van der Waals surface area contributed by atoms with Gasteiger partial charge >= 0.3 is 11.9 Å². The van der Waals surface area contributed by atoms with Crippen molar-refractivity contribution in [2.45, 2.75) is 27.2 Å². The summed E-state index contributed by atoms with van der Waals surface area (Å²) in [7, 11) is 0. The standard InChI is InChI=1S/C8H14O4/c1-4-8(3,7(11)12)5(2)6(9)10/h5H,4H2,1-3H3,(H,9,10)(H,11,12). The van der Waals surface area contributed by atoms with E-state index < -0.39 is 23.3 Å². The number of carboxylic acids is 2. The third kappa shape index (κ3) is 1.75. The Kier molecular flexibility index (Phi) is 3.24. The van der Waals surface area contributed by atoms with Gasteiger partial charge in [0.2, 0.25) is 0 Å². The van der Waals surface area contributed by atoms with Crippen molar-refractivity contribution >= 4 is 11.9 Å². The molecule has 0 rings (SSSR count). The van der Waals surface area contributed by atoms with Gasteiger partial charge in [0.1, 0.15) is 0 Å². The molecule has 0 aromatic carbocycles. The summed E-state index contributed by atoms with van der Waals surface area (Å²) in [4.78, 5) is 21.3. The van der Waals surface area contributed by atoms with E-state index in [9.17, 15) is 9.59 Å². The van der Waals surface area contributed by atoms with Crippen molar-refractivity contribution in [2.75, 3.05) is 0 Å². The zero-order chi connectivity index (χ0) is 9.94. The van der Waals surface area contributed by atoms with E-state index in [2.05, 4.69) is 0 Å². The first-order chi connectivity index (χ1) is 5.36. The first-order valence-corrected chi connectivity index (χ1v) is 3.82. The third-order valence-corrected chi connectivity index (χ3v) is 2.55. The fourth-order valence-electron chi connectivity index (χ4n) is 0.915. The van der Waals surface area contributed by atoms with Crippen molar-refractivity contribution in [1.29, 1.82) is 0 Å². The molecule has 2 unspecified atom stereocenters. The molecule has 2 N–H and O–H groups in total. The van der Waals surface area contributed by atoms with Crippen molar-refractivity contribution in [1.82, 2.24) is 0 Å². The average molecular weight is 174 g/mol. The molecule has 70 valence electrons. The average Bonchev–Trinajstić information content (AvgIpc) is 2.01. The normalized spacial score (nSPS) is 17.9. The van der Waals surface area contributed by atoms with E-state index in [1.807, 2.05) is 0 Å². The second-order valence-electron chi connectivity index (χ2n) is 3.14. The molecule has 4 nitrogen and oxygen atoms in total. The van der Waals surface area contributed by atoms with Crippen LogP contribution in [-0.2, 0) is 9.59 Å². The quantitative estimate of drug-likeness (QED) is 0.671. The van der Waals surface area contributed by atoms with Gasteiger partial charge in [0, 0.05) is 0 Å². The largest absolute Gasteiger partial charge is 0.481 e. The lowest BCUT2D eigenvalue weighted by molar-refractivity contribution is -0.160. The van der Waals surface area contributed by atoms with E-state index >= 15 is 0 Å². The molecule has 0 fully saturated rings. The highest BCUT2D eigenvalue weighted by Crippen LogP contribution is 2.31. The first-order valence-electron chi connectivity index (χ1n) is 3.82. The van der Waals surface area contributed by atoms with Crippen LogP contribution in [0.25, 0.3) is 0 Å². The Balaban J connectivity index is 4.75. The van der Waals surface area contributed by atoms with Crippen LogP contribution in [0.3, 0.4) is 0 Å². The minimum Gasteiger partial charge on any atom is -0.481 e. The monoisotopic (exact) mass is 174 g/mol. The fraction of sp³-hybridized carbons (Fsp3) is 0.750. The van der Waals surface area contributed by atoms with Crippen molar-refractivity contribution < 1.29 is 19.8 Å². The van der Waals surface area contributed by atoms with Crippen LogP contribution in [0.2, 0.25) is 0 Å². The van der Waals surface area contributed by atoms with Crippen molar-refractivity contribution in [2.24, 2.45) is 11.3 Å². The number of hydrogen-bond donors (Lipinski definition) is 2. The minimum absolute atomic E-state index is 0.315. The first kappa shape index (κ1) is 10.9. The Hall–Kier alpha value is -1.06. The summed E-state index contributed by atoms with van der Waals surface area (Å²) >= 11 is 0. The summed E-state index contributed by atoms with van der Waals surface area (Å²) in [6.45, 7) is 4.54. The van der Waals surface area contributed by atoms with Crippen LogP contribution in [0.1, 0.15) is 27.2 Å². The van der Waals surface area contributed by atoms with Crippen LogP contribution in [-0.4, -0.2) is 22.2 Å². The number of carboxylic acid groups (broad SMARTS) is 2. The molecule has 0 spiro atoms. The molecule has 0 saturated heterocycles. The maximum absolute atomic E-state index is 10.7. The molecule has 0 heterocycles. The molecule has 0 aromatic rings. The van der Waals surface area contributed by atoms with Gasteiger partial charge in [0.05, 0.1) is 11.3 Å². The molecule has 0 saturated carbocycles. The molecule has 0 amide bonds. The number of rotatable bonds is 4. The van der Waals surface area contributed by atoms with Gasteiger partial charge in [-0.3, -0.25) is 9.59 Å². The molecule has 0 aliphatic carbocycles. The SMILES string of the molecule is CCC(C)(C(=O)O)C(C)C(=O)O. The second-order valence-corrected chi connectivity index (χ2v) is 3.14. The molecule has 0 aliphatic rings. The molecular weight excluding hydrogens is 160 g/mol. The van der Waals surface area contributed by atoms with Gasteiger partial charge in [0.25, 0.3) is 0 Å². The molecule has 12 heavy (non-hydrogen) atoms. The smallest absolute Gasteiger partial charge is 0.310 e. The lowest BCUT2D eigenvalue weighted by Crippen LogP contribution is -2.38. The van der Waals surface area contributed by atoms with Gasteiger partial charge in [-0.25, -0.2) is 0 Å². The van der Waals surface area contributed by atoms with E-state index in [0.29, 0.717) is 6.42 Å². The van der Waals surface area contributed by atoms with Crippen molar-refractivity contribution in [3.05, 3.63) is 0 Å². The summed E-state index contributed by atoms with van der Waals surface area (Å²) < 4.78 is 0. The Bertz CT molecular complexity index is 199. The fourth-order valence-corrected chi connectivity index (χ4v) is 0.915. The molecule has 4 heteroatoms. The van der Waals surface area contributed by atoms with E-state index in [0.717, 1.165) is 0 Å². The van der Waals surface area contributed by atoms with Gasteiger partial charge in [-0.1, -0.05) is 13.8 Å². The van der Waals surface area contributed by atoms with E-state index in [1.54, 1.807) is 6.92 Å². The zero-order valence-electron chi connectivity index (χ0n) is 7.50. The van der Waals surface area contributed by atoms with Crippen LogP contribution in [0.15, 0.2) is 0 Å². The molecule has 0 aromatic heterocycles. The van der Waals surface area contributed by atoms with Gasteiger partial charge < -0.3 is 10.2 Å². The van der Waals surface area contributed by atoms with Crippen molar-refractivity contribution in [3.8, 4) is 0 Å². The minimum atomic E-state index is -1.16. The summed E-state index contributed by atoms with van der Waals surface area (Å²) in [6, 6.07) is 0. The van der Waals surface area contributed by atoms with Crippen LogP contribution < -0.4 is 0 Å². The van der Waals surface area contributed by atoms with E-state index in [1.165, 1.54) is 13.8 Å². The summed E-state index contributed by atoms with van der Waals surface area (Å²) in [5.74, 6) is -2.98. The summed E-state index contributed by atoms with van der Waals surface area (Å²) in [5.41, 5.74) is -1.16. The van der Waals surface area contributed by atoms with E-state index in [-0.39, 0.29) is 0 Å². The van der Waals surface area contributed by atoms with E-state index in [4.69, 9.17) is 10.2 Å².